The van der Waals surface area contributed by atoms with Crippen molar-refractivity contribution in [1.29, 1.82) is 0 Å². The first kappa shape index (κ1) is 17.5. The van der Waals surface area contributed by atoms with Crippen molar-refractivity contribution in [3.63, 3.8) is 0 Å². The van der Waals surface area contributed by atoms with Crippen LogP contribution < -0.4 is 5.32 Å². The monoisotopic (exact) mass is 342 g/mol. The summed E-state index contributed by atoms with van der Waals surface area (Å²) in [6.45, 7) is 3.62. The number of benzene rings is 1. The van der Waals surface area contributed by atoms with Gasteiger partial charge in [0.05, 0.1) is 6.54 Å². The molecule has 2 aromatic rings. The first-order valence-corrected chi connectivity index (χ1v) is 8.99. The van der Waals surface area contributed by atoms with Crippen molar-refractivity contribution < 1.29 is 4.79 Å². The minimum Gasteiger partial charge on any atom is -0.356 e. The first-order chi connectivity index (χ1) is 12.2. The third-order valence-corrected chi connectivity index (χ3v) is 4.56. The summed E-state index contributed by atoms with van der Waals surface area (Å²) in [4.78, 5) is 15.9. The quantitative estimate of drug-likeness (QED) is 0.827. The van der Waals surface area contributed by atoms with Gasteiger partial charge in [0, 0.05) is 25.1 Å². The van der Waals surface area contributed by atoms with E-state index in [0.29, 0.717) is 31.1 Å². The molecule has 1 fully saturated rings. The van der Waals surface area contributed by atoms with Crippen molar-refractivity contribution in [3.05, 3.63) is 30.3 Å². The number of aromatic nitrogens is 4. The molecule has 3 rings (SSSR count). The summed E-state index contributed by atoms with van der Waals surface area (Å²) in [5.41, 5.74) is 0.948. The van der Waals surface area contributed by atoms with Crippen LogP contribution in [0.1, 0.15) is 25.7 Å². The van der Waals surface area contributed by atoms with Gasteiger partial charge in [0.25, 0.3) is 0 Å². The van der Waals surface area contributed by atoms with E-state index in [1.54, 1.807) is 4.80 Å². The Hall–Kier alpha value is -2.28. The maximum atomic E-state index is 12.0. The fourth-order valence-electron chi connectivity index (χ4n) is 3.21. The lowest BCUT2D eigenvalue weighted by atomic mass is 9.98. The highest BCUT2D eigenvalue weighted by molar-refractivity contribution is 5.75. The summed E-state index contributed by atoms with van der Waals surface area (Å²) in [6.07, 6.45) is 3.63. The van der Waals surface area contributed by atoms with Crippen LogP contribution in [0.15, 0.2) is 30.3 Å². The van der Waals surface area contributed by atoms with E-state index < -0.39 is 0 Å². The maximum absolute atomic E-state index is 12.0. The zero-order valence-electron chi connectivity index (χ0n) is 14.8. The number of carbonyl (C=O) groups excluding carboxylic acids is 1. The van der Waals surface area contributed by atoms with Gasteiger partial charge in [-0.25, -0.2) is 0 Å². The molecule has 1 saturated heterocycles. The molecule has 0 radical (unpaired) electrons. The molecule has 2 heterocycles. The Kier molecular flexibility index (Phi) is 6.11. The number of carbonyl (C=O) groups is 1. The second-order valence-electron chi connectivity index (χ2n) is 6.75. The van der Waals surface area contributed by atoms with Gasteiger partial charge in [-0.05, 0) is 44.0 Å². The molecule has 1 atom stereocenters. The van der Waals surface area contributed by atoms with Crippen LogP contribution in [0.25, 0.3) is 11.4 Å². The zero-order valence-corrected chi connectivity index (χ0v) is 14.8. The first-order valence-electron chi connectivity index (χ1n) is 8.99. The van der Waals surface area contributed by atoms with Crippen LogP contribution in [0.5, 0.6) is 0 Å². The van der Waals surface area contributed by atoms with Crippen LogP contribution in [0.2, 0.25) is 0 Å². The second kappa shape index (κ2) is 8.71. The molecule has 134 valence electrons. The van der Waals surface area contributed by atoms with E-state index in [4.69, 9.17) is 0 Å². The van der Waals surface area contributed by atoms with Crippen LogP contribution >= 0.6 is 0 Å². The Morgan fingerprint density at radius 3 is 2.96 bits per heavy atom. The van der Waals surface area contributed by atoms with Gasteiger partial charge >= 0.3 is 0 Å². The highest BCUT2D eigenvalue weighted by atomic mass is 16.1. The summed E-state index contributed by atoms with van der Waals surface area (Å²) in [7, 11) is 2.14. The molecule has 0 unspecified atom stereocenters. The number of amides is 1. The molecule has 0 bridgehead atoms. The highest BCUT2D eigenvalue weighted by Gasteiger charge is 2.17. The average molecular weight is 342 g/mol. The number of likely N-dealkylation sites (tertiary alicyclic amines) is 1. The van der Waals surface area contributed by atoms with Gasteiger partial charge in [0.2, 0.25) is 11.7 Å². The molecule has 0 aliphatic carbocycles. The minimum atomic E-state index is 0.108. The second-order valence-corrected chi connectivity index (χ2v) is 6.75. The standard InChI is InChI=1S/C18H26N6O/c1-23-11-5-7-15(14-23)13-19-17(25)10-6-12-24-21-18(20-22-24)16-8-3-2-4-9-16/h2-4,8-9,15H,5-7,10-14H2,1H3,(H,19,25)/t15-/m0/s1. The minimum absolute atomic E-state index is 0.108. The van der Waals surface area contributed by atoms with Gasteiger partial charge in [-0.1, -0.05) is 30.3 Å². The molecular weight excluding hydrogens is 316 g/mol. The third-order valence-electron chi connectivity index (χ3n) is 4.56. The lowest BCUT2D eigenvalue weighted by Gasteiger charge is -2.29. The maximum Gasteiger partial charge on any atom is 0.220 e. The van der Waals surface area contributed by atoms with Crippen LogP contribution in [-0.2, 0) is 11.3 Å². The van der Waals surface area contributed by atoms with E-state index in [-0.39, 0.29) is 5.91 Å². The van der Waals surface area contributed by atoms with Gasteiger partial charge in [-0.3, -0.25) is 4.79 Å². The number of nitrogens with zero attached hydrogens (tertiary/aromatic N) is 5. The van der Waals surface area contributed by atoms with Gasteiger partial charge < -0.3 is 10.2 Å². The predicted molar refractivity (Wildman–Crippen MR) is 95.7 cm³/mol. The Labute approximate surface area is 148 Å². The fourth-order valence-corrected chi connectivity index (χ4v) is 3.21. The number of hydrogen-bond acceptors (Lipinski definition) is 5. The molecule has 0 saturated carbocycles. The number of piperidine rings is 1. The van der Waals surface area contributed by atoms with E-state index in [1.807, 2.05) is 30.3 Å². The van der Waals surface area contributed by atoms with E-state index >= 15 is 0 Å². The Balaban J connectivity index is 1.36. The summed E-state index contributed by atoms with van der Waals surface area (Å²) >= 11 is 0. The largest absolute Gasteiger partial charge is 0.356 e. The number of tetrazole rings is 1. The van der Waals surface area contributed by atoms with Crippen LogP contribution in [0.3, 0.4) is 0 Å². The topological polar surface area (TPSA) is 75.9 Å². The van der Waals surface area contributed by atoms with Crippen molar-refractivity contribution in [1.82, 2.24) is 30.4 Å². The SMILES string of the molecule is CN1CCC[C@@H](CNC(=O)CCCn2nnc(-c3ccccc3)n2)C1. The van der Waals surface area contributed by atoms with Crippen LogP contribution in [0, 0.1) is 5.92 Å². The molecule has 25 heavy (non-hydrogen) atoms. The van der Waals surface area contributed by atoms with Gasteiger partial charge in [0.1, 0.15) is 0 Å². The van der Waals surface area contributed by atoms with Gasteiger partial charge in [-0.2, -0.15) is 4.80 Å². The predicted octanol–water partition coefficient (Wildman–Crippen LogP) is 1.58. The molecule has 1 amide bonds. The van der Waals surface area contributed by atoms with Crippen LogP contribution in [-0.4, -0.2) is 57.7 Å². The fraction of sp³-hybridized carbons (Fsp3) is 0.556. The summed E-state index contributed by atoms with van der Waals surface area (Å²) in [5.74, 6) is 1.30. The third kappa shape index (κ3) is 5.35. The molecule has 0 spiro atoms. The molecule has 1 aliphatic heterocycles. The number of nitrogens with one attached hydrogen (secondary N) is 1. The summed E-state index contributed by atoms with van der Waals surface area (Å²) in [5, 5.41) is 15.5. The molecular formula is C18H26N6O. The highest BCUT2D eigenvalue weighted by Crippen LogP contribution is 2.14. The van der Waals surface area contributed by atoms with Crippen molar-refractivity contribution in [3.8, 4) is 11.4 Å². The van der Waals surface area contributed by atoms with Gasteiger partial charge in [0.15, 0.2) is 0 Å². The molecule has 7 nitrogen and oxygen atoms in total. The van der Waals surface area contributed by atoms with Crippen molar-refractivity contribution >= 4 is 5.91 Å². The number of hydrogen-bond donors (Lipinski definition) is 1. The lowest BCUT2D eigenvalue weighted by molar-refractivity contribution is -0.121. The lowest BCUT2D eigenvalue weighted by Crippen LogP contribution is -2.39. The van der Waals surface area contributed by atoms with E-state index in [2.05, 4.69) is 32.7 Å². The molecule has 1 aliphatic rings. The normalized spacial score (nSPS) is 18.2. The Morgan fingerprint density at radius 1 is 1.32 bits per heavy atom. The molecule has 1 aromatic heterocycles. The summed E-state index contributed by atoms with van der Waals surface area (Å²) in [6, 6.07) is 9.77. The smallest absolute Gasteiger partial charge is 0.220 e. The summed E-state index contributed by atoms with van der Waals surface area (Å²) < 4.78 is 0. The average Bonchev–Trinajstić information content (AvgIpc) is 3.10. The molecule has 1 aromatic carbocycles. The van der Waals surface area contributed by atoms with Crippen molar-refractivity contribution in [2.75, 3.05) is 26.7 Å². The van der Waals surface area contributed by atoms with Crippen molar-refractivity contribution in [2.45, 2.75) is 32.2 Å². The number of rotatable bonds is 7. The molecule has 7 heteroatoms. The van der Waals surface area contributed by atoms with E-state index in [0.717, 1.165) is 18.7 Å². The van der Waals surface area contributed by atoms with E-state index in [9.17, 15) is 4.79 Å². The van der Waals surface area contributed by atoms with Crippen molar-refractivity contribution in [2.24, 2.45) is 5.92 Å². The van der Waals surface area contributed by atoms with E-state index in [1.165, 1.54) is 19.4 Å². The molecule has 1 N–H and O–H groups in total. The Morgan fingerprint density at radius 2 is 2.16 bits per heavy atom. The van der Waals surface area contributed by atoms with Crippen LogP contribution in [0.4, 0.5) is 0 Å². The number of aryl methyl sites for hydroxylation is 1. The van der Waals surface area contributed by atoms with Gasteiger partial charge in [-0.15, -0.1) is 10.2 Å². The zero-order chi connectivity index (χ0) is 17.5. The Bertz CT molecular complexity index is 671.